The van der Waals surface area contributed by atoms with Crippen molar-refractivity contribution in [2.75, 3.05) is 6.54 Å². The Morgan fingerprint density at radius 1 is 1.17 bits per heavy atom. The van der Waals surface area contributed by atoms with E-state index >= 15 is 0 Å². The minimum Gasteiger partial charge on any atom is -0.480 e. The molecule has 0 aromatic rings. The molecule has 2 aliphatic rings. The highest BCUT2D eigenvalue weighted by Gasteiger charge is 2.44. The van der Waals surface area contributed by atoms with Gasteiger partial charge in [0.15, 0.2) is 0 Å². The summed E-state index contributed by atoms with van der Waals surface area (Å²) in [5.74, 6) is 0.190. The highest BCUT2D eigenvalue weighted by Crippen LogP contribution is 2.35. The fraction of sp³-hybridized carbons (Fsp3) is 0.933. The van der Waals surface area contributed by atoms with Crippen molar-refractivity contribution in [3.63, 3.8) is 0 Å². The third kappa shape index (κ3) is 2.71. The maximum absolute atomic E-state index is 11.6. The molecule has 0 radical (unpaired) electrons. The van der Waals surface area contributed by atoms with Crippen LogP contribution in [0.3, 0.4) is 0 Å². The normalized spacial score (nSPS) is 39.2. The molecule has 1 saturated carbocycles. The van der Waals surface area contributed by atoms with E-state index in [2.05, 4.69) is 11.8 Å². The number of carbonyl (C=O) groups is 1. The van der Waals surface area contributed by atoms with Gasteiger partial charge < -0.3 is 5.11 Å². The molecule has 0 bridgehead atoms. The van der Waals surface area contributed by atoms with Crippen LogP contribution in [-0.2, 0) is 4.79 Å². The van der Waals surface area contributed by atoms with Crippen molar-refractivity contribution in [2.45, 2.75) is 76.8 Å². The number of nitrogens with zero attached hydrogens (tertiary/aromatic N) is 1. The molecule has 0 aromatic carbocycles. The molecular formula is C15H27NO2. The van der Waals surface area contributed by atoms with Crippen LogP contribution < -0.4 is 0 Å². The maximum Gasteiger partial charge on any atom is 0.323 e. The predicted octanol–water partition coefficient (Wildman–Crippen LogP) is 3.28. The second-order valence-electron chi connectivity index (χ2n) is 6.50. The smallest absolute Gasteiger partial charge is 0.323 e. The van der Waals surface area contributed by atoms with Gasteiger partial charge in [0.1, 0.15) is 5.54 Å². The van der Waals surface area contributed by atoms with Crippen LogP contribution in [0.2, 0.25) is 0 Å². The second-order valence-corrected chi connectivity index (χ2v) is 6.50. The molecule has 2 rings (SSSR count). The van der Waals surface area contributed by atoms with Crippen LogP contribution in [0, 0.1) is 5.92 Å². The minimum atomic E-state index is -0.625. The Morgan fingerprint density at radius 2 is 1.94 bits per heavy atom. The van der Waals surface area contributed by atoms with E-state index in [4.69, 9.17) is 0 Å². The summed E-state index contributed by atoms with van der Waals surface area (Å²) in [6, 6.07) is 0.497. The molecule has 1 heterocycles. The fourth-order valence-corrected chi connectivity index (χ4v) is 3.74. The zero-order valence-corrected chi connectivity index (χ0v) is 11.8. The molecule has 3 heteroatoms. The summed E-state index contributed by atoms with van der Waals surface area (Å²) in [4.78, 5) is 14.0. The highest BCUT2D eigenvalue weighted by molar-refractivity contribution is 5.78. The summed E-state index contributed by atoms with van der Waals surface area (Å²) in [6.45, 7) is 5.24. The standard InChI is InChI=1S/C15H27NO2/c1-12-6-5-7-13(9-8-12)16-11-4-3-10-15(16,2)14(17)18/h12-13H,3-11H2,1-2H3,(H,17,18). The predicted molar refractivity (Wildman–Crippen MR) is 72.6 cm³/mol. The van der Waals surface area contributed by atoms with Crippen molar-refractivity contribution in [2.24, 2.45) is 5.92 Å². The molecule has 2 fully saturated rings. The van der Waals surface area contributed by atoms with E-state index in [1.54, 1.807) is 0 Å². The van der Waals surface area contributed by atoms with Gasteiger partial charge in [-0.2, -0.15) is 0 Å². The molecule has 18 heavy (non-hydrogen) atoms. The molecule has 3 atom stereocenters. The van der Waals surface area contributed by atoms with Crippen LogP contribution in [0.25, 0.3) is 0 Å². The molecule has 3 nitrogen and oxygen atoms in total. The van der Waals surface area contributed by atoms with Gasteiger partial charge >= 0.3 is 5.97 Å². The van der Waals surface area contributed by atoms with Gasteiger partial charge in [0, 0.05) is 6.04 Å². The number of piperidine rings is 1. The van der Waals surface area contributed by atoms with Gasteiger partial charge in [-0.05, 0) is 57.9 Å². The fourth-order valence-electron chi connectivity index (χ4n) is 3.74. The average molecular weight is 253 g/mol. The first kappa shape index (κ1) is 13.9. The van der Waals surface area contributed by atoms with Crippen molar-refractivity contribution in [1.29, 1.82) is 0 Å². The van der Waals surface area contributed by atoms with Crippen molar-refractivity contribution in [3.8, 4) is 0 Å². The van der Waals surface area contributed by atoms with Crippen molar-refractivity contribution in [3.05, 3.63) is 0 Å². The Labute approximate surface area is 111 Å². The summed E-state index contributed by atoms with van der Waals surface area (Å²) < 4.78 is 0. The molecule has 1 N–H and O–H groups in total. The summed E-state index contributed by atoms with van der Waals surface area (Å²) in [6.07, 6.45) is 9.24. The summed E-state index contributed by atoms with van der Waals surface area (Å²) in [5, 5.41) is 9.58. The first-order valence-electron chi connectivity index (χ1n) is 7.54. The van der Waals surface area contributed by atoms with Gasteiger partial charge in [0.2, 0.25) is 0 Å². The quantitative estimate of drug-likeness (QED) is 0.768. The van der Waals surface area contributed by atoms with Crippen LogP contribution in [0.4, 0.5) is 0 Å². The molecule has 0 amide bonds. The largest absolute Gasteiger partial charge is 0.480 e. The van der Waals surface area contributed by atoms with E-state index in [9.17, 15) is 9.90 Å². The Bertz CT molecular complexity index is 305. The lowest BCUT2D eigenvalue weighted by atomic mass is 9.85. The van der Waals surface area contributed by atoms with Crippen molar-refractivity contribution < 1.29 is 9.90 Å². The second kappa shape index (κ2) is 5.60. The Kier molecular flexibility index (Phi) is 4.31. The number of hydrogen-bond donors (Lipinski definition) is 1. The first-order valence-corrected chi connectivity index (χ1v) is 7.54. The van der Waals surface area contributed by atoms with Crippen molar-refractivity contribution in [1.82, 2.24) is 4.90 Å². The van der Waals surface area contributed by atoms with E-state index in [0.717, 1.165) is 31.7 Å². The Balaban J connectivity index is 2.11. The summed E-state index contributed by atoms with van der Waals surface area (Å²) in [7, 11) is 0. The Hall–Kier alpha value is -0.570. The molecule has 104 valence electrons. The number of rotatable bonds is 2. The van der Waals surface area contributed by atoms with E-state index in [1.807, 2.05) is 6.92 Å². The summed E-state index contributed by atoms with van der Waals surface area (Å²) in [5.41, 5.74) is -0.615. The lowest BCUT2D eigenvalue weighted by Gasteiger charge is -2.46. The SMILES string of the molecule is CC1CCCC(N2CCCCC2(C)C(=O)O)CC1. The number of carboxylic acid groups (broad SMARTS) is 1. The van der Waals surface area contributed by atoms with Gasteiger partial charge in [-0.25, -0.2) is 0 Å². The van der Waals surface area contributed by atoms with E-state index in [0.29, 0.717) is 6.04 Å². The molecule has 3 unspecified atom stereocenters. The molecule has 1 aliphatic carbocycles. The van der Waals surface area contributed by atoms with Gasteiger partial charge in [-0.1, -0.05) is 19.8 Å². The van der Waals surface area contributed by atoms with E-state index in [1.165, 1.54) is 32.1 Å². The third-order valence-electron chi connectivity index (χ3n) is 5.07. The molecule has 1 aliphatic heterocycles. The third-order valence-corrected chi connectivity index (χ3v) is 5.07. The minimum absolute atomic E-state index is 0.497. The number of aliphatic carboxylic acids is 1. The molecular weight excluding hydrogens is 226 g/mol. The van der Waals surface area contributed by atoms with Crippen LogP contribution in [0.1, 0.15) is 65.2 Å². The van der Waals surface area contributed by atoms with Crippen LogP contribution in [-0.4, -0.2) is 34.1 Å². The number of likely N-dealkylation sites (tertiary alicyclic amines) is 1. The number of hydrogen-bond acceptors (Lipinski definition) is 2. The van der Waals surface area contributed by atoms with Crippen molar-refractivity contribution >= 4 is 5.97 Å². The van der Waals surface area contributed by atoms with Gasteiger partial charge in [0.05, 0.1) is 0 Å². The monoisotopic (exact) mass is 253 g/mol. The highest BCUT2D eigenvalue weighted by atomic mass is 16.4. The first-order chi connectivity index (χ1) is 8.54. The topological polar surface area (TPSA) is 40.5 Å². The Morgan fingerprint density at radius 3 is 2.67 bits per heavy atom. The molecule has 0 aromatic heterocycles. The average Bonchev–Trinajstić information content (AvgIpc) is 2.54. The molecule has 1 saturated heterocycles. The number of carboxylic acids is 1. The van der Waals surface area contributed by atoms with Crippen LogP contribution in [0.5, 0.6) is 0 Å². The van der Waals surface area contributed by atoms with E-state index in [-0.39, 0.29) is 0 Å². The molecule has 0 spiro atoms. The maximum atomic E-state index is 11.6. The van der Waals surface area contributed by atoms with Gasteiger partial charge in [-0.15, -0.1) is 0 Å². The zero-order chi connectivity index (χ0) is 13.2. The van der Waals surface area contributed by atoms with Gasteiger partial charge in [-0.3, -0.25) is 9.69 Å². The summed E-state index contributed by atoms with van der Waals surface area (Å²) >= 11 is 0. The van der Waals surface area contributed by atoms with E-state index < -0.39 is 11.5 Å². The lowest BCUT2D eigenvalue weighted by molar-refractivity contribution is -0.155. The van der Waals surface area contributed by atoms with Gasteiger partial charge in [0.25, 0.3) is 0 Å². The lowest BCUT2D eigenvalue weighted by Crippen LogP contribution is -2.58. The zero-order valence-electron chi connectivity index (χ0n) is 11.8. The van der Waals surface area contributed by atoms with Crippen LogP contribution >= 0.6 is 0 Å². The van der Waals surface area contributed by atoms with Crippen LogP contribution in [0.15, 0.2) is 0 Å².